The first kappa shape index (κ1) is 21.2. The summed E-state index contributed by atoms with van der Waals surface area (Å²) < 4.78 is 23.5. The van der Waals surface area contributed by atoms with Crippen molar-refractivity contribution in [2.24, 2.45) is 0 Å². The van der Waals surface area contributed by atoms with Gasteiger partial charge in [-0.25, -0.2) is 0 Å². The highest BCUT2D eigenvalue weighted by Gasteiger charge is 2.66. The first-order chi connectivity index (χ1) is 17.1. The van der Waals surface area contributed by atoms with Crippen molar-refractivity contribution in [3.63, 3.8) is 0 Å². The van der Waals surface area contributed by atoms with Crippen LogP contribution in [0, 0.1) is 13.8 Å². The minimum Gasteiger partial charge on any atom is -0.497 e. The summed E-state index contributed by atoms with van der Waals surface area (Å²) in [5, 5.41) is 0. The summed E-state index contributed by atoms with van der Waals surface area (Å²) in [4.78, 5) is 0. The summed E-state index contributed by atoms with van der Waals surface area (Å²) in [6.45, 7) is 4.08. The molecule has 0 unspecified atom stereocenters. The van der Waals surface area contributed by atoms with E-state index >= 15 is 0 Å². The minimum atomic E-state index is -1.33. The Labute approximate surface area is 204 Å². The zero-order valence-corrected chi connectivity index (χ0v) is 19.9. The highest BCUT2D eigenvalue weighted by Crippen LogP contribution is 2.43. The smallest absolute Gasteiger partial charge is 0.497 e. The van der Waals surface area contributed by atoms with E-state index < -0.39 is 6.03 Å². The van der Waals surface area contributed by atoms with Crippen molar-refractivity contribution >= 4 is 23.8 Å². The summed E-state index contributed by atoms with van der Waals surface area (Å²) in [5.41, 5.74) is 5.81. The highest BCUT2D eigenvalue weighted by atomic mass is 16.7. The molecule has 0 aromatic heterocycles. The van der Waals surface area contributed by atoms with Gasteiger partial charge < -0.3 is 14.2 Å². The van der Waals surface area contributed by atoms with Crippen LogP contribution in [0.15, 0.2) is 91.0 Å². The fourth-order valence-electron chi connectivity index (χ4n) is 4.73. The predicted octanol–water partition coefficient (Wildman–Crippen LogP) is 5.93. The van der Waals surface area contributed by atoms with Gasteiger partial charge in [0.25, 0.3) is 0 Å². The number of hydrogen-bond donors (Lipinski definition) is 0. The van der Waals surface area contributed by atoms with E-state index in [1.165, 1.54) is 0 Å². The molecule has 1 atom stereocenters. The molecule has 1 spiro atoms. The first-order valence-corrected chi connectivity index (χ1v) is 11.6. The number of nitrogens with zero attached hydrogens (tertiary/aromatic N) is 2. The maximum Gasteiger partial charge on any atom is 0.714 e. The summed E-state index contributed by atoms with van der Waals surface area (Å²) >= 11 is 0. The SMILES string of the molecule is COc1cc(C)c2c(c1)C=[N+](c1ccccc1)[C@@]1(Oc3c(C)cccc3C=[N+]1c1ccccc1)O2. The van der Waals surface area contributed by atoms with Crippen LogP contribution >= 0.6 is 0 Å². The molecule has 35 heavy (non-hydrogen) atoms. The molecule has 0 bridgehead atoms. The molecule has 2 aliphatic rings. The normalized spacial score (nSPS) is 17.9. The molecule has 0 amide bonds. The molecule has 2 heterocycles. The second kappa shape index (κ2) is 8.13. The summed E-state index contributed by atoms with van der Waals surface area (Å²) in [5.74, 6) is 2.33. The number of ether oxygens (including phenoxy) is 3. The lowest BCUT2D eigenvalue weighted by atomic mass is 10.1. The fourth-order valence-corrected chi connectivity index (χ4v) is 4.73. The highest BCUT2D eigenvalue weighted by molar-refractivity contribution is 5.85. The lowest BCUT2D eigenvalue weighted by Gasteiger charge is -2.32. The summed E-state index contributed by atoms with van der Waals surface area (Å²) in [6.07, 6.45) is 4.19. The van der Waals surface area contributed by atoms with Crippen molar-refractivity contribution in [2.45, 2.75) is 19.9 Å². The number of benzene rings is 4. The van der Waals surface area contributed by atoms with Gasteiger partial charge in [-0.15, -0.1) is 0 Å². The summed E-state index contributed by atoms with van der Waals surface area (Å²) in [6, 6.07) is 29.1. The topological polar surface area (TPSA) is 33.7 Å². The van der Waals surface area contributed by atoms with Crippen LogP contribution < -0.4 is 14.2 Å². The maximum atomic E-state index is 6.95. The van der Waals surface area contributed by atoms with Crippen LogP contribution in [0.3, 0.4) is 0 Å². The van der Waals surface area contributed by atoms with Gasteiger partial charge in [-0.05, 0) is 43.2 Å². The molecular weight excluding hydrogens is 436 g/mol. The summed E-state index contributed by atoms with van der Waals surface area (Å²) in [7, 11) is 1.68. The van der Waals surface area contributed by atoms with E-state index in [0.29, 0.717) is 0 Å². The first-order valence-electron chi connectivity index (χ1n) is 11.6. The van der Waals surface area contributed by atoms with Gasteiger partial charge in [0.1, 0.15) is 5.75 Å². The lowest BCUT2D eigenvalue weighted by molar-refractivity contribution is -0.855. The van der Waals surface area contributed by atoms with Gasteiger partial charge in [-0.2, -0.15) is 0 Å². The molecular formula is C30H26N2O3+2. The van der Waals surface area contributed by atoms with Gasteiger partial charge in [0.05, 0.1) is 18.2 Å². The van der Waals surface area contributed by atoms with Crippen molar-refractivity contribution in [1.29, 1.82) is 0 Å². The van der Waals surface area contributed by atoms with E-state index in [2.05, 4.69) is 60.3 Å². The van der Waals surface area contributed by atoms with Crippen LogP contribution in [0.2, 0.25) is 0 Å². The zero-order chi connectivity index (χ0) is 24.0. The monoisotopic (exact) mass is 462 g/mol. The third-order valence-corrected chi connectivity index (χ3v) is 6.44. The van der Waals surface area contributed by atoms with Crippen LogP contribution in [-0.4, -0.2) is 34.7 Å². The number of rotatable bonds is 3. The average Bonchev–Trinajstić information content (AvgIpc) is 2.90. The van der Waals surface area contributed by atoms with Crippen molar-refractivity contribution in [3.05, 3.63) is 113 Å². The van der Waals surface area contributed by atoms with E-state index in [1.807, 2.05) is 66.1 Å². The third-order valence-electron chi connectivity index (χ3n) is 6.44. The molecule has 0 fully saturated rings. The van der Waals surface area contributed by atoms with Crippen LogP contribution in [0.1, 0.15) is 22.3 Å². The van der Waals surface area contributed by atoms with Gasteiger partial charge >= 0.3 is 6.03 Å². The molecule has 5 nitrogen and oxygen atoms in total. The standard InChI is InChI=1S/C30H26N2O3/c1-21-11-10-12-23-19-31(25-13-6-4-7-14-25)30(34-28(21)23)32(26-15-8-5-9-16-26)20-24-18-27(33-3)17-22(2)29(24)35-30/h4-20H,1-3H3/q+2/t30-/m0/s1. The Bertz CT molecular complexity index is 1490. The number of aryl methyl sites for hydroxylation is 2. The molecule has 4 aromatic carbocycles. The van der Waals surface area contributed by atoms with Crippen molar-refractivity contribution < 1.29 is 23.4 Å². The van der Waals surface area contributed by atoms with Gasteiger partial charge in [0, 0.05) is 24.3 Å². The molecule has 4 aromatic rings. The van der Waals surface area contributed by atoms with Crippen LogP contribution in [-0.2, 0) is 0 Å². The molecule has 0 radical (unpaired) electrons. The number of fused-ring (bicyclic) bond motifs is 2. The molecule has 2 aliphatic heterocycles. The largest absolute Gasteiger partial charge is 0.714 e. The average molecular weight is 463 g/mol. The Morgan fingerprint density at radius 1 is 0.629 bits per heavy atom. The van der Waals surface area contributed by atoms with Crippen LogP contribution in [0.25, 0.3) is 0 Å². The van der Waals surface area contributed by atoms with Crippen LogP contribution in [0.4, 0.5) is 11.4 Å². The zero-order valence-electron chi connectivity index (χ0n) is 19.9. The van der Waals surface area contributed by atoms with Crippen molar-refractivity contribution in [3.8, 4) is 17.2 Å². The maximum absolute atomic E-state index is 6.95. The number of methoxy groups -OCH3 is 1. The van der Waals surface area contributed by atoms with Crippen molar-refractivity contribution in [1.82, 2.24) is 0 Å². The minimum absolute atomic E-state index is 0.754. The van der Waals surface area contributed by atoms with Gasteiger partial charge in [0.15, 0.2) is 23.9 Å². The Morgan fingerprint density at radius 2 is 1.20 bits per heavy atom. The van der Waals surface area contributed by atoms with Gasteiger partial charge in [0.2, 0.25) is 11.4 Å². The van der Waals surface area contributed by atoms with E-state index in [9.17, 15) is 0 Å². The second-order valence-electron chi connectivity index (χ2n) is 8.78. The van der Waals surface area contributed by atoms with Gasteiger partial charge in [-0.1, -0.05) is 57.7 Å². The van der Waals surface area contributed by atoms with Crippen LogP contribution in [0.5, 0.6) is 17.2 Å². The Balaban J connectivity index is 1.68. The third kappa shape index (κ3) is 3.39. The Hall–Kier alpha value is -4.38. The lowest BCUT2D eigenvalue weighted by Crippen LogP contribution is -2.62. The van der Waals surface area contributed by atoms with Gasteiger partial charge in [-0.3, -0.25) is 0 Å². The Morgan fingerprint density at radius 3 is 1.80 bits per heavy atom. The molecule has 6 rings (SSSR count). The van der Waals surface area contributed by atoms with E-state index in [-0.39, 0.29) is 0 Å². The molecule has 5 heteroatoms. The number of hydrogen-bond acceptors (Lipinski definition) is 3. The van der Waals surface area contributed by atoms with E-state index in [1.54, 1.807) is 7.11 Å². The fraction of sp³-hybridized carbons (Fsp3) is 0.133. The van der Waals surface area contributed by atoms with Crippen molar-refractivity contribution in [2.75, 3.05) is 7.11 Å². The molecule has 0 aliphatic carbocycles. The quantitative estimate of drug-likeness (QED) is 0.354. The Kier molecular flexibility index (Phi) is 4.92. The molecule has 172 valence electrons. The molecule has 0 N–H and O–H groups in total. The van der Waals surface area contributed by atoms with E-state index in [0.717, 1.165) is 50.9 Å². The molecule has 0 saturated heterocycles. The predicted molar refractivity (Wildman–Crippen MR) is 136 cm³/mol. The molecule has 0 saturated carbocycles. The van der Waals surface area contributed by atoms with E-state index in [4.69, 9.17) is 14.2 Å². The number of para-hydroxylation sites is 3. The second-order valence-corrected chi connectivity index (χ2v) is 8.78.